The minimum absolute atomic E-state index is 0.0121. The van der Waals surface area contributed by atoms with E-state index in [0.29, 0.717) is 16.6 Å². The van der Waals surface area contributed by atoms with E-state index in [-0.39, 0.29) is 35.8 Å². The van der Waals surface area contributed by atoms with Gasteiger partial charge in [0.2, 0.25) is 10.0 Å². The molecule has 1 fully saturated rings. The molecule has 0 N–H and O–H groups in total. The molecule has 0 radical (unpaired) electrons. The van der Waals surface area contributed by atoms with Crippen LogP contribution in [0.2, 0.25) is 0 Å². The number of hydrogen-bond acceptors (Lipinski definition) is 8. The van der Waals surface area contributed by atoms with Crippen molar-refractivity contribution in [2.24, 2.45) is 0 Å². The summed E-state index contributed by atoms with van der Waals surface area (Å²) >= 11 is 0. The van der Waals surface area contributed by atoms with Gasteiger partial charge in [0, 0.05) is 36.4 Å². The number of sulfonamides is 1. The zero-order chi connectivity index (χ0) is 24.8. The van der Waals surface area contributed by atoms with Gasteiger partial charge in [-0.25, -0.2) is 30.8 Å². The van der Waals surface area contributed by atoms with Crippen molar-refractivity contribution in [1.82, 2.24) is 28.0 Å². The van der Waals surface area contributed by atoms with Crippen LogP contribution in [-0.2, 0) is 25.6 Å². The lowest BCUT2D eigenvalue weighted by atomic mass is 9.89. The Hall–Kier alpha value is -3.60. The number of fused-ring (bicyclic) bond motifs is 1. The molecule has 35 heavy (non-hydrogen) atoms. The number of aromatic nitrogens is 5. The fraction of sp³-hybridized carbons (Fsp3) is 0.273. The van der Waals surface area contributed by atoms with Crippen LogP contribution in [0.3, 0.4) is 0 Å². The van der Waals surface area contributed by atoms with Gasteiger partial charge in [0.1, 0.15) is 11.9 Å². The van der Waals surface area contributed by atoms with Crippen LogP contribution < -0.4 is 0 Å². The van der Waals surface area contributed by atoms with Crippen LogP contribution in [0.4, 0.5) is 0 Å². The molecule has 0 amide bonds. The zero-order valence-corrected chi connectivity index (χ0v) is 20.3. The highest BCUT2D eigenvalue weighted by Crippen LogP contribution is 2.36. The molecule has 13 heteroatoms. The van der Waals surface area contributed by atoms with Gasteiger partial charge in [0.05, 0.1) is 35.0 Å². The number of nitriles is 1. The highest BCUT2D eigenvalue weighted by Gasteiger charge is 2.49. The maximum atomic E-state index is 13.1. The molecule has 0 aliphatic carbocycles. The summed E-state index contributed by atoms with van der Waals surface area (Å²) in [4.78, 5) is 8.70. The van der Waals surface area contributed by atoms with Gasteiger partial charge in [0.15, 0.2) is 5.65 Å². The fourth-order valence-electron chi connectivity index (χ4n) is 4.24. The molecular formula is C22H21N7O4S2. The van der Waals surface area contributed by atoms with E-state index in [9.17, 15) is 22.1 Å². The van der Waals surface area contributed by atoms with E-state index in [1.165, 1.54) is 29.0 Å². The normalized spacial score (nSPS) is 16.1. The Morgan fingerprint density at radius 2 is 1.83 bits per heavy atom. The van der Waals surface area contributed by atoms with Gasteiger partial charge in [-0.1, -0.05) is 18.2 Å². The molecule has 0 bridgehead atoms. The monoisotopic (exact) mass is 511 g/mol. The van der Waals surface area contributed by atoms with Gasteiger partial charge in [-0.2, -0.15) is 14.7 Å². The van der Waals surface area contributed by atoms with E-state index in [1.807, 2.05) is 0 Å². The van der Waals surface area contributed by atoms with Gasteiger partial charge in [-0.15, -0.1) is 0 Å². The Balaban J connectivity index is 1.53. The van der Waals surface area contributed by atoms with Crippen LogP contribution in [0.1, 0.15) is 13.3 Å². The minimum Gasteiger partial charge on any atom is -0.262 e. The van der Waals surface area contributed by atoms with Gasteiger partial charge in [-0.3, -0.25) is 4.68 Å². The predicted octanol–water partition coefficient (Wildman–Crippen LogP) is 1.81. The van der Waals surface area contributed by atoms with E-state index in [4.69, 9.17) is 0 Å². The number of rotatable bonds is 7. The summed E-state index contributed by atoms with van der Waals surface area (Å²) in [5.41, 5.74) is 0.528. The second-order valence-corrected chi connectivity index (χ2v) is 12.4. The number of nitrogens with zero attached hydrogens (tertiary/aromatic N) is 7. The molecule has 3 aromatic heterocycles. The van der Waals surface area contributed by atoms with Crippen molar-refractivity contribution in [3.8, 4) is 17.3 Å². The van der Waals surface area contributed by atoms with E-state index < -0.39 is 25.6 Å². The van der Waals surface area contributed by atoms with E-state index in [0.717, 1.165) is 3.97 Å². The molecule has 1 aromatic carbocycles. The summed E-state index contributed by atoms with van der Waals surface area (Å²) in [6.07, 6.45) is 6.09. The number of benzene rings is 1. The standard InChI is InChI=1S/C22H21N7O4S2/c1-2-34(30,31)27-14-22(15-27,9-10-23)29-13-17(12-26-29)20-19-8-11-28(21(19)25-16-24-20)35(32,33)18-6-4-3-5-7-18/h3-8,11-13,16H,2,9,14-15H2,1H3. The second kappa shape index (κ2) is 8.26. The first-order valence-corrected chi connectivity index (χ1v) is 13.8. The summed E-state index contributed by atoms with van der Waals surface area (Å²) in [7, 11) is -7.22. The molecule has 0 atom stereocenters. The second-order valence-electron chi connectivity index (χ2n) is 8.29. The Morgan fingerprint density at radius 1 is 1.09 bits per heavy atom. The third kappa shape index (κ3) is 3.70. The van der Waals surface area contributed by atoms with Crippen LogP contribution in [0, 0.1) is 11.3 Å². The Bertz CT molecular complexity index is 1660. The van der Waals surface area contributed by atoms with Crippen molar-refractivity contribution in [1.29, 1.82) is 5.26 Å². The average Bonchev–Trinajstić information content (AvgIpc) is 3.49. The van der Waals surface area contributed by atoms with Gasteiger partial charge in [0.25, 0.3) is 10.0 Å². The molecule has 4 heterocycles. The first-order valence-electron chi connectivity index (χ1n) is 10.7. The molecule has 1 saturated heterocycles. The molecule has 4 aromatic rings. The summed E-state index contributed by atoms with van der Waals surface area (Å²) in [6, 6.07) is 11.8. The lowest BCUT2D eigenvalue weighted by Crippen LogP contribution is -2.64. The van der Waals surface area contributed by atoms with Gasteiger partial charge < -0.3 is 0 Å². The maximum absolute atomic E-state index is 13.1. The topological polar surface area (TPSA) is 144 Å². The minimum atomic E-state index is -3.86. The Labute approximate surface area is 202 Å². The molecule has 1 aliphatic heterocycles. The first-order chi connectivity index (χ1) is 16.7. The maximum Gasteiger partial charge on any atom is 0.269 e. The lowest BCUT2D eigenvalue weighted by molar-refractivity contribution is 0.0719. The zero-order valence-electron chi connectivity index (χ0n) is 18.7. The summed E-state index contributed by atoms with van der Waals surface area (Å²) in [5, 5.41) is 14.3. The van der Waals surface area contributed by atoms with E-state index in [2.05, 4.69) is 21.1 Å². The molecule has 0 spiro atoms. The highest BCUT2D eigenvalue weighted by atomic mass is 32.2. The van der Waals surface area contributed by atoms with Crippen LogP contribution >= 0.6 is 0 Å². The molecule has 180 valence electrons. The van der Waals surface area contributed by atoms with Gasteiger partial charge >= 0.3 is 0 Å². The SMILES string of the molecule is CCS(=O)(=O)N1CC(CC#N)(n2cc(-c3ncnc4c3ccn4S(=O)(=O)c3ccccc3)cn2)C1. The summed E-state index contributed by atoms with van der Waals surface area (Å²) < 4.78 is 54.8. The van der Waals surface area contributed by atoms with Crippen molar-refractivity contribution in [3.05, 3.63) is 61.3 Å². The summed E-state index contributed by atoms with van der Waals surface area (Å²) in [5.74, 6) is -0.0121. The first kappa shape index (κ1) is 23.2. The quantitative estimate of drug-likeness (QED) is 0.365. The Morgan fingerprint density at radius 3 is 2.51 bits per heavy atom. The third-order valence-electron chi connectivity index (χ3n) is 6.20. The molecule has 0 unspecified atom stereocenters. The van der Waals surface area contributed by atoms with E-state index >= 15 is 0 Å². The van der Waals surface area contributed by atoms with Crippen molar-refractivity contribution < 1.29 is 16.8 Å². The van der Waals surface area contributed by atoms with Crippen molar-refractivity contribution in [3.63, 3.8) is 0 Å². The van der Waals surface area contributed by atoms with Crippen LogP contribution in [-0.4, -0.2) is 63.7 Å². The fourth-order valence-corrected chi connectivity index (χ4v) is 6.80. The lowest BCUT2D eigenvalue weighted by Gasteiger charge is -2.47. The van der Waals surface area contributed by atoms with E-state index in [1.54, 1.807) is 48.3 Å². The summed E-state index contributed by atoms with van der Waals surface area (Å²) in [6.45, 7) is 1.89. The number of hydrogen-bond donors (Lipinski definition) is 0. The van der Waals surface area contributed by atoms with Crippen LogP contribution in [0.5, 0.6) is 0 Å². The van der Waals surface area contributed by atoms with Crippen molar-refractivity contribution in [2.45, 2.75) is 23.8 Å². The van der Waals surface area contributed by atoms with Gasteiger partial charge in [-0.05, 0) is 25.1 Å². The molecular weight excluding hydrogens is 490 g/mol. The average molecular weight is 512 g/mol. The van der Waals surface area contributed by atoms with Crippen LogP contribution in [0.15, 0.2) is 66.2 Å². The van der Waals surface area contributed by atoms with Crippen molar-refractivity contribution >= 4 is 31.1 Å². The molecule has 1 aliphatic rings. The predicted molar refractivity (Wildman–Crippen MR) is 127 cm³/mol. The molecule has 0 saturated carbocycles. The molecule has 5 rings (SSSR count). The smallest absolute Gasteiger partial charge is 0.262 e. The van der Waals surface area contributed by atoms with Crippen LogP contribution in [0.25, 0.3) is 22.3 Å². The highest BCUT2D eigenvalue weighted by molar-refractivity contribution is 7.90. The largest absolute Gasteiger partial charge is 0.269 e. The third-order valence-corrected chi connectivity index (χ3v) is 9.65. The Kier molecular flexibility index (Phi) is 5.47. The molecule has 11 nitrogen and oxygen atoms in total. The van der Waals surface area contributed by atoms with Crippen molar-refractivity contribution in [2.75, 3.05) is 18.8 Å².